The van der Waals surface area contributed by atoms with Crippen LogP contribution >= 0.6 is 11.3 Å². The zero-order valence-corrected chi connectivity index (χ0v) is 12.2. The minimum Gasteiger partial charge on any atom is -0.309 e. The zero-order valence-electron chi connectivity index (χ0n) is 11.4. The molecule has 0 fully saturated rings. The van der Waals surface area contributed by atoms with Crippen LogP contribution in [0.25, 0.3) is 0 Å². The molecular formula is C14H26N2S. The number of nitrogens with zero attached hydrogens (tertiary/aromatic N) is 1. The molecule has 1 unspecified atom stereocenters. The van der Waals surface area contributed by atoms with Gasteiger partial charge in [0.2, 0.25) is 0 Å². The molecule has 0 aliphatic rings. The van der Waals surface area contributed by atoms with E-state index in [1.165, 1.54) is 37.0 Å². The lowest BCUT2D eigenvalue weighted by Gasteiger charge is -2.11. The Morgan fingerprint density at radius 1 is 1.18 bits per heavy atom. The molecule has 0 aliphatic carbocycles. The molecule has 1 aromatic heterocycles. The minimum absolute atomic E-state index is 0.457. The van der Waals surface area contributed by atoms with Crippen LogP contribution < -0.4 is 5.32 Å². The van der Waals surface area contributed by atoms with Gasteiger partial charge in [-0.1, -0.05) is 39.5 Å². The Hall–Kier alpha value is -0.410. The Kier molecular flexibility index (Phi) is 7.45. The van der Waals surface area contributed by atoms with Gasteiger partial charge in [-0.3, -0.25) is 4.98 Å². The smallest absolute Gasteiger partial charge is 0.0794 e. The van der Waals surface area contributed by atoms with Crippen molar-refractivity contribution in [3.05, 3.63) is 16.6 Å². The molecule has 0 aromatic carbocycles. The highest BCUT2D eigenvalue weighted by Crippen LogP contribution is 2.16. The summed E-state index contributed by atoms with van der Waals surface area (Å²) in [5.74, 6) is 0.861. The fourth-order valence-corrected chi connectivity index (χ4v) is 2.54. The quantitative estimate of drug-likeness (QED) is 0.661. The molecule has 1 atom stereocenters. The van der Waals surface area contributed by atoms with Gasteiger partial charge in [0.25, 0.3) is 0 Å². The Balaban J connectivity index is 1.94. The monoisotopic (exact) mass is 254 g/mol. The van der Waals surface area contributed by atoms with Crippen LogP contribution in [0.5, 0.6) is 0 Å². The largest absolute Gasteiger partial charge is 0.309 e. The fourth-order valence-electron chi connectivity index (χ4n) is 1.89. The Morgan fingerprint density at radius 2 is 1.94 bits per heavy atom. The van der Waals surface area contributed by atoms with Crippen LogP contribution in [-0.4, -0.2) is 11.5 Å². The number of hydrogen-bond donors (Lipinski definition) is 1. The molecule has 2 nitrogen and oxygen atoms in total. The molecule has 0 saturated carbocycles. The third kappa shape index (κ3) is 6.79. The first kappa shape index (κ1) is 14.7. The summed E-state index contributed by atoms with van der Waals surface area (Å²) in [6.45, 7) is 7.95. The van der Waals surface area contributed by atoms with Gasteiger partial charge in [0.05, 0.1) is 5.51 Å². The lowest BCUT2D eigenvalue weighted by atomic mass is 10.0. The molecule has 0 aliphatic heterocycles. The van der Waals surface area contributed by atoms with E-state index in [2.05, 4.69) is 31.1 Å². The van der Waals surface area contributed by atoms with E-state index in [0.717, 1.165) is 12.5 Å². The fraction of sp³-hybridized carbons (Fsp3) is 0.786. The maximum absolute atomic E-state index is 4.11. The van der Waals surface area contributed by atoms with Crippen LogP contribution in [0, 0.1) is 5.92 Å². The predicted molar refractivity (Wildman–Crippen MR) is 76.5 cm³/mol. The van der Waals surface area contributed by atoms with E-state index in [-0.39, 0.29) is 0 Å². The zero-order chi connectivity index (χ0) is 12.5. The highest BCUT2D eigenvalue weighted by molar-refractivity contribution is 7.09. The van der Waals surface area contributed by atoms with Crippen molar-refractivity contribution in [1.82, 2.24) is 10.3 Å². The van der Waals surface area contributed by atoms with Crippen molar-refractivity contribution in [3.63, 3.8) is 0 Å². The average Bonchev–Trinajstić information content (AvgIpc) is 2.80. The van der Waals surface area contributed by atoms with Crippen molar-refractivity contribution >= 4 is 11.3 Å². The number of aromatic nitrogens is 1. The van der Waals surface area contributed by atoms with Crippen molar-refractivity contribution in [2.75, 3.05) is 6.54 Å². The first-order valence-electron chi connectivity index (χ1n) is 6.82. The Labute approximate surface area is 110 Å². The van der Waals surface area contributed by atoms with E-state index in [0.29, 0.717) is 6.04 Å². The Morgan fingerprint density at radius 3 is 2.59 bits per heavy atom. The van der Waals surface area contributed by atoms with E-state index < -0.39 is 0 Å². The standard InChI is InChI=1S/C14H26N2S/c1-12(2)8-6-4-5-7-9-16-13(3)14-10-15-11-17-14/h10-13,16H,4-9H2,1-3H3. The molecule has 1 N–H and O–H groups in total. The molecule has 0 spiro atoms. The lowest BCUT2D eigenvalue weighted by Crippen LogP contribution is -2.18. The topological polar surface area (TPSA) is 24.9 Å². The maximum atomic E-state index is 4.11. The van der Waals surface area contributed by atoms with Crippen molar-refractivity contribution in [1.29, 1.82) is 0 Å². The summed E-state index contributed by atoms with van der Waals surface area (Å²) >= 11 is 1.73. The lowest BCUT2D eigenvalue weighted by molar-refractivity contribution is 0.500. The summed E-state index contributed by atoms with van der Waals surface area (Å²) in [7, 11) is 0. The summed E-state index contributed by atoms with van der Waals surface area (Å²) < 4.78 is 0. The third-order valence-corrected chi connectivity index (χ3v) is 4.00. The number of unbranched alkanes of at least 4 members (excludes halogenated alkanes) is 3. The molecule has 0 amide bonds. The third-order valence-electron chi connectivity index (χ3n) is 3.04. The SMILES string of the molecule is CC(C)CCCCCCNC(C)c1cncs1. The first-order valence-corrected chi connectivity index (χ1v) is 7.70. The van der Waals surface area contributed by atoms with E-state index >= 15 is 0 Å². The van der Waals surface area contributed by atoms with Crippen LogP contribution in [0.3, 0.4) is 0 Å². The molecule has 3 heteroatoms. The summed E-state index contributed by atoms with van der Waals surface area (Å²) in [6, 6.07) is 0.457. The van der Waals surface area contributed by atoms with Crippen molar-refractivity contribution in [2.45, 2.75) is 58.9 Å². The van der Waals surface area contributed by atoms with Gasteiger partial charge in [-0.05, 0) is 25.8 Å². The summed E-state index contributed by atoms with van der Waals surface area (Å²) in [5.41, 5.74) is 1.90. The Bertz CT molecular complexity index is 270. The maximum Gasteiger partial charge on any atom is 0.0794 e. The number of hydrogen-bond acceptors (Lipinski definition) is 3. The molecule has 0 bridgehead atoms. The van der Waals surface area contributed by atoms with Gasteiger partial charge >= 0.3 is 0 Å². The predicted octanol–water partition coefficient (Wildman–Crippen LogP) is 4.40. The normalized spacial score (nSPS) is 13.2. The van der Waals surface area contributed by atoms with Crippen LogP contribution in [0.4, 0.5) is 0 Å². The van der Waals surface area contributed by atoms with E-state index in [1.807, 2.05) is 11.7 Å². The highest BCUT2D eigenvalue weighted by atomic mass is 32.1. The second-order valence-electron chi connectivity index (χ2n) is 5.18. The van der Waals surface area contributed by atoms with E-state index in [9.17, 15) is 0 Å². The van der Waals surface area contributed by atoms with Gasteiger partial charge in [0.1, 0.15) is 0 Å². The van der Waals surface area contributed by atoms with Crippen molar-refractivity contribution in [2.24, 2.45) is 5.92 Å². The van der Waals surface area contributed by atoms with E-state index in [4.69, 9.17) is 0 Å². The number of thiazole rings is 1. The molecule has 1 heterocycles. The second kappa shape index (κ2) is 8.65. The van der Waals surface area contributed by atoms with E-state index in [1.54, 1.807) is 11.3 Å². The van der Waals surface area contributed by atoms with Gasteiger partial charge in [-0.2, -0.15) is 0 Å². The van der Waals surface area contributed by atoms with Gasteiger partial charge in [-0.25, -0.2) is 0 Å². The number of rotatable bonds is 9. The van der Waals surface area contributed by atoms with Crippen molar-refractivity contribution < 1.29 is 0 Å². The molecule has 17 heavy (non-hydrogen) atoms. The van der Waals surface area contributed by atoms with Crippen LogP contribution in [-0.2, 0) is 0 Å². The molecule has 0 saturated heterocycles. The van der Waals surface area contributed by atoms with Crippen LogP contribution in [0.1, 0.15) is 63.8 Å². The minimum atomic E-state index is 0.457. The highest BCUT2D eigenvalue weighted by Gasteiger charge is 2.04. The summed E-state index contributed by atoms with van der Waals surface area (Å²) in [4.78, 5) is 5.44. The van der Waals surface area contributed by atoms with Gasteiger partial charge in [0.15, 0.2) is 0 Å². The average molecular weight is 254 g/mol. The molecule has 98 valence electrons. The molecular weight excluding hydrogens is 228 g/mol. The van der Waals surface area contributed by atoms with Gasteiger partial charge < -0.3 is 5.32 Å². The summed E-state index contributed by atoms with van der Waals surface area (Å²) in [5, 5.41) is 3.56. The number of nitrogens with one attached hydrogen (secondary N) is 1. The molecule has 1 aromatic rings. The van der Waals surface area contributed by atoms with Crippen molar-refractivity contribution in [3.8, 4) is 0 Å². The molecule has 1 rings (SSSR count). The summed E-state index contributed by atoms with van der Waals surface area (Å²) in [6.07, 6.45) is 8.77. The van der Waals surface area contributed by atoms with Crippen LogP contribution in [0.2, 0.25) is 0 Å². The van der Waals surface area contributed by atoms with Gasteiger partial charge in [0, 0.05) is 17.1 Å². The van der Waals surface area contributed by atoms with Crippen LogP contribution in [0.15, 0.2) is 11.7 Å². The van der Waals surface area contributed by atoms with Gasteiger partial charge in [-0.15, -0.1) is 11.3 Å². The molecule has 0 radical (unpaired) electrons. The second-order valence-corrected chi connectivity index (χ2v) is 6.09. The first-order chi connectivity index (χ1) is 8.20.